The van der Waals surface area contributed by atoms with Gasteiger partial charge in [-0.2, -0.15) is 0 Å². The summed E-state index contributed by atoms with van der Waals surface area (Å²) >= 11 is 0. The lowest BCUT2D eigenvalue weighted by Gasteiger charge is -2.20. The number of hydrogen-bond acceptors (Lipinski definition) is 5. The first-order chi connectivity index (χ1) is 11.4. The van der Waals surface area contributed by atoms with Gasteiger partial charge in [-0.05, 0) is 30.0 Å². The Morgan fingerprint density at radius 2 is 2.12 bits per heavy atom. The quantitative estimate of drug-likeness (QED) is 0.461. The molecule has 132 valence electrons. The number of carbonyl (C=O) groups is 2. The van der Waals surface area contributed by atoms with Gasteiger partial charge in [0, 0.05) is 5.69 Å². The van der Waals surface area contributed by atoms with Crippen molar-refractivity contribution in [3.63, 3.8) is 0 Å². The minimum absolute atomic E-state index is 0.197. The minimum Gasteiger partial charge on any atom is -0.479 e. The molecule has 7 nitrogen and oxygen atoms in total. The predicted octanol–water partition coefficient (Wildman–Crippen LogP) is 1.17. The fourth-order valence-electron chi connectivity index (χ4n) is 2.52. The third-order valence-corrected chi connectivity index (χ3v) is 3.63. The van der Waals surface area contributed by atoms with Gasteiger partial charge < -0.3 is 25.6 Å². The van der Waals surface area contributed by atoms with Crippen molar-refractivity contribution in [2.45, 2.75) is 45.1 Å². The number of nitrogens with two attached hydrogens (primary N) is 1. The van der Waals surface area contributed by atoms with Crippen molar-refractivity contribution in [3.8, 4) is 0 Å². The minimum atomic E-state index is -1.12. The summed E-state index contributed by atoms with van der Waals surface area (Å²) in [6.07, 6.45) is -1.20. The van der Waals surface area contributed by atoms with E-state index >= 15 is 0 Å². The van der Waals surface area contributed by atoms with Crippen molar-refractivity contribution >= 4 is 17.6 Å². The topological polar surface area (TPSA) is 114 Å². The Kier molecular flexibility index (Phi) is 6.16. The summed E-state index contributed by atoms with van der Waals surface area (Å²) in [6.45, 7) is 4.83. The molecule has 1 aromatic carbocycles. The molecule has 1 aromatic rings. The third kappa shape index (κ3) is 5.50. The Hall–Kier alpha value is -2.12. The van der Waals surface area contributed by atoms with Gasteiger partial charge in [-0.3, -0.25) is 4.79 Å². The second kappa shape index (κ2) is 8.12. The Bertz CT molecular complexity index is 590. The third-order valence-electron chi connectivity index (χ3n) is 3.63. The zero-order chi connectivity index (χ0) is 17.7. The molecular formula is C17H24N2O5. The SMILES string of the molecule is CC(C)CC(COCc1cccc(N)c1)NC(=O)[C@H]1O[C@@H]1C(=O)O. The summed E-state index contributed by atoms with van der Waals surface area (Å²) in [5.41, 5.74) is 7.36. The summed E-state index contributed by atoms with van der Waals surface area (Å²) in [6, 6.07) is 7.22. The number of benzene rings is 1. The largest absolute Gasteiger partial charge is 0.479 e. The molecule has 1 amide bonds. The van der Waals surface area contributed by atoms with Crippen molar-refractivity contribution in [1.82, 2.24) is 5.32 Å². The molecule has 3 atom stereocenters. The van der Waals surface area contributed by atoms with Gasteiger partial charge >= 0.3 is 5.97 Å². The van der Waals surface area contributed by atoms with Crippen LogP contribution in [0.15, 0.2) is 24.3 Å². The summed E-state index contributed by atoms with van der Waals surface area (Å²) in [5, 5.41) is 11.6. The molecule has 0 spiro atoms. The Balaban J connectivity index is 1.82. The molecule has 1 unspecified atom stereocenters. The number of rotatable bonds is 9. The van der Waals surface area contributed by atoms with E-state index in [0.29, 0.717) is 24.8 Å². The van der Waals surface area contributed by atoms with Gasteiger partial charge in [-0.25, -0.2) is 4.79 Å². The van der Waals surface area contributed by atoms with Gasteiger partial charge in [0.2, 0.25) is 0 Å². The van der Waals surface area contributed by atoms with E-state index in [4.69, 9.17) is 20.3 Å². The maximum Gasteiger partial charge on any atom is 0.336 e. The van der Waals surface area contributed by atoms with Crippen LogP contribution in [0.5, 0.6) is 0 Å². The molecule has 1 fully saturated rings. The summed E-state index contributed by atoms with van der Waals surface area (Å²) < 4.78 is 10.6. The Labute approximate surface area is 141 Å². The van der Waals surface area contributed by atoms with Crippen LogP contribution < -0.4 is 11.1 Å². The van der Waals surface area contributed by atoms with Crippen LogP contribution in [0.25, 0.3) is 0 Å². The molecule has 2 rings (SSSR count). The molecule has 1 aliphatic heterocycles. The van der Waals surface area contributed by atoms with Crippen molar-refractivity contribution in [1.29, 1.82) is 0 Å². The highest BCUT2D eigenvalue weighted by molar-refractivity contribution is 5.92. The van der Waals surface area contributed by atoms with E-state index in [1.165, 1.54) is 0 Å². The summed E-state index contributed by atoms with van der Waals surface area (Å²) in [4.78, 5) is 22.8. The highest BCUT2D eigenvalue weighted by atomic mass is 16.6. The van der Waals surface area contributed by atoms with Crippen molar-refractivity contribution in [3.05, 3.63) is 29.8 Å². The summed E-state index contributed by atoms with van der Waals surface area (Å²) in [5.74, 6) is -1.16. The van der Waals surface area contributed by atoms with E-state index in [2.05, 4.69) is 5.32 Å². The number of carbonyl (C=O) groups excluding carboxylic acids is 1. The lowest BCUT2D eigenvalue weighted by Crippen LogP contribution is -2.42. The molecule has 4 N–H and O–H groups in total. The number of aliphatic carboxylic acids is 1. The maximum atomic E-state index is 12.0. The predicted molar refractivity (Wildman–Crippen MR) is 88.2 cm³/mol. The standard InChI is InChI=1S/C17H24N2O5/c1-10(2)6-13(19-16(20)14-15(24-14)17(21)22)9-23-8-11-4-3-5-12(18)7-11/h3-5,7,10,13-15H,6,8-9,18H2,1-2H3,(H,19,20)(H,21,22)/t13?,14-,15-/m0/s1. The van der Waals surface area contributed by atoms with Gasteiger partial charge in [0.1, 0.15) is 0 Å². The number of carboxylic acid groups (broad SMARTS) is 1. The number of ether oxygens (including phenoxy) is 2. The zero-order valence-corrected chi connectivity index (χ0v) is 13.9. The molecule has 1 heterocycles. The first kappa shape index (κ1) is 18.2. The molecule has 7 heteroatoms. The Morgan fingerprint density at radius 3 is 2.71 bits per heavy atom. The van der Waals surface area contributed by atoms with Gasteiger partial charge in [-0.15, -0.1) is 0 Å². The number of amides is 1. The van der Waals surface area contributed by atoms with E-state index in [9.17, 15) is 9.59 Å². The molecule has 0 radical (unpaired) electrons. The van der Waals surface area contributed by atoms with Crippen molar-refractivity contribution in [2.75, 3.05) is 12.3 Å². The van der Waals surface area contributed by atoms with Crippen molar-refractivity contribution in [2.24, 2.45) is 5.92 Å². The van der Waals surface area contributed by atoms with Crippen LogP contribution in [0, 0.1) is 5.92 Å². The molecule has 0 aliphatic carbocycles. The van der Waals surface area contributed by atoms with Crippen LogP contribution in [0.2, 0.25) is 0 Å². The number of epoxide rings is 1. The van der Waals surface area contributed by atoms with Gasteiger partial charge in [0.15, 0.2) is 12.2 Å². The molecule has 0 saturated carbocycles. The second-order valence-electron chi connectivity index (χ2n) is 6.41. The van der Waals surface area contributed by atoms with Crippen LogP contribution in [0.1, 0.15) is 25.8 Å². The van der Waals surface area contributed by atoms with Crippen LogP contribution in [-0.2, 0) is 25.7 Å². The monoisotopic (exact) mass is 336 g/mol. The van der Waals surface area contributed by atoms with E-state index in [1.54, 1.807) is 6.07 Å². The van der Waals surface area contributed by atoms with E-state index in [-0.39, 0.29) is 6.04 Å². The van der Waals surface area contributed by atoms with Crippen LogP contribution in [-0.4, -0.2) is 41.8 Å². The number of hydrogen-bond donors (Lipinski definition) is 3. The zero-order valence-electron chi connectivity index (χ0n) is 13.9. The highest BCUT2D eigenvalue weighted by Crippen LogP contribution is 2.22. The lowest BCUT2D eigenvalue weighted by molar-refractivity contribution is -0.138. The fourth-order valence-corrected chi connectivity index (χ4v) is 2.52. The number of anilines is 1. The second-order valence-corrected chi connectivity index (χ2v) is 6.41. The first-order valence-electron chi connectivity index (χ1n) is 7.97. The lowest BCUT2D eigenvalue weighted by atomic mass is 10.0. The molecule has 0 aromatic heterocycles. The van der Waals surface area contributed by atoms with Crippen molar-refractivity contribution < 1.29 is 24.2 Å². The van der Waals surface area contributed by atoms with Gasteiger partial charge in [-0.1, -0.05) is 26.0 Å². The molecular weight excluding hydrogens is 312 g/mol. The number of carboxylic acids is 1. The molecule has 0 bridgehead atoms. The normalized spacial score (nSPS) is 20.6. The summed E-state index contributed by atoms with van der Waals surface area (Å²) in [7, 11) is 0. The molecule has 1 saturated heterocycles. The Morgan fingerprint density at radius 1 is 1.38 bits per heavy atom. The fraction of sp³-hybridized carbons (Fsp3) is 0.529. The smallest absolute Gasteiger partial charge is 0.336 e. The van der Waals surface area contributed by atoms with Gasteiger partial charge in [0.05, 0.1) is 19.3 Å². The van der Waals surface area contributed by atoms with E-state index in [0.717, 1.165) is 12.0 Å². The van der Waals surface area contributed by atoms with Crippen LogP contribution in [0.3, 0.4) is 0 Å². The molecule has 24 heavy (non-hydrogen) atoms. The van der Waals surface area contributed by atoms with Crippen LogP contribution in [0.4, 0.5) is 5.69 Å². The molecule has 1 aliphatic rings. The maximum absolute atomic E-state index is 12.0. The van der Waals surface area contributed by atoms with Crippen LogP contribution >= 0.6 is 0 Å². The average Bonchev–Trinajstić information content (AvgIpc) is 3.27. The average molecular weight is 336 g/mol. The number of nitrogen functional groups attached to an aromatic ring is 1. The number of nitrogens with one attached hydrogen (secondary N) is 1. The highest BCUT2D eigenvalue weighted by Gasteiger charge is 2.51. The van der Waals surface area contributed by atoms with Gasteiger partial charge in [0.25, 0.3) is 5.91 Å². The van der Waals surface area contributed by atoms with E-state index < -0.39 is 24.1 Å². The van der Waals surface area contributed by atoms with E-state index in [1.807, 2.05) is 32.0 Å². The first-order valence-corrected chi connectivity index (χ1v) is 7.97.